The van der Waals surface area contributed by atoms with E-state index in [4.69, 9.17) is 24.1 Å². The van der Waals surface area contributed by atoms with E-state index in [1.807, 2.05) is 0 Å². The van der Waals surface area contributed by atoms with Gasteiger partial charge < -0.3 is 34.3 Å². The number of ether oxygens (including phenoxy) is 4. The molecule has 0 radical (unpaired) electrons. The minimum Gasteiger partial charge on any atom is -0.462 e. The Bertz CT molecular complexity index is 308. The van der Waals surface area contributed by atoms with Crippen LogP contribution in [-0.4, -0.2) is 71.5 Å². The lowest BCUT2D eigenvalue weighted by Gasteiger charge is -2.21. The summed E-state index contributed by atoms with van der Waals surface area (Å²) in [5.41, 5.74) is 0. The van der Waals surface area contributed by atoms with Crippen LogP contribution in [0.2, 0.25) is 0 Å². The van der Waals surface area contributed by atoms with E-state index < -0.39 is 49.6 Å². The van der Waals surface area contributed by atoms with Crippen molar-refractivity contribution in [3.05, 3.63) is 0 Å². The van der Waals surface area contributed by atoms with Crippen molar-refractivity contribution < 1.29 is 39.1 Å². The molecule has 0 aromatic heterocycles. The molecule has 6 unspecified atom stereocenters. The van der Waals surface area contributed by atoms with E-state index >= 15 is 0 Å². The third-order valence-electron chi connectivity index (χ3n) is 2.82. The minimum absolute atomic E-state index is 0.187. The highest BCUT2D eigenvalue weighted by atomic mass is 16.8. The van der Waals surface area contributed by atoms with E-state index in [1.165, 1.54) is 0 Å². The number of carbonyl (C=O) groups excluding carboxylic acids is 1. The van der Waals surface area contributed by atoms with E-state index in [-0.39, 0.29) is 6.61 Å². The molecule has 104 valence electrons. The molecule has 0 aromatic carbocycles. The van der Waals surface area contributed by atoms with Crippen LogP contribution in [0.1, 0.15) is 6.92 Å². The second-order valence-electron chi connectivity index (χ2n) is 4.03. The summed E-state index contributed by atoms with van der Waals surface area (Å²) in [6.07, 6.45) is -6.50. The Morgan fingerprint density at radius 3 is 2.67 bits per heavy atom. The number of carbonyl (C=O) groups is 1. The molecule has 2 heterocycles. The molecule has 2 fully saturated rings. The lowest BCUT2D eigenvalue weighted by molar-refractivity contribution is -0.207. The third kappa shape index (κ3) is 2.35. The zero-order chi connectivity index (χ0) is 13.3. The Hall–Kier alpha value is -0.770. The highest BCUT2D eigenvalue weighted by Crippen LogP contribution is 2.33. The number of hydrogen-bond donors (Lipinski definition) is 3. The number of hydrogen-bond acceptors (Lipinski definition) is 8. The smallest absolute Gasteiger partial charge is 0.363 e. The molecule has 2 saturated heterocycles. The average molecular weight is 264 g/mol. The molecule has 0 aliphatic carbocycles. The molecule has 2 rings (SSSR count). The van der Waals surface area contributed by atoms with Crippen molar-refractivity contribution in [3.63, 3.8) is 0 Å². The molecule has 0 spiro atoms. The van der Waals surface area contributed by atoms with Crippen LogP contribution in [0.5, 0.6) is 0 Å². The topological polar surface area (TPSA) is 115 Å². The molecule has 2 aliphatic heterocycles. The van der Waals surface area contributed by atoms with Gasteiger partial charge in [0.25, 0.3) is 6.29 Å². The van der Waals surface area contributed by atoms with Gasteiger partial charge in [-0.25, -0.2) is 4.79 Å². The molecule has 0 amide bonds. The first kappa shape index (κ1) is 13.7. The number of fused-ring (bicyclic) bond motifs is 1. The zero-order valence-electron chi connectivity index (χ0n) is 9.76. The predicted molar refractivity (Wildman–Crippen MR) is 54.1 cm³/mol. The molecule has 0 aromatic rings. The van der Waals surface area contributed by atoms with Crippen LogP contribution in [0.3, 0.4) is 0 Å². The molecular formula is C10H16O8. The fourth-order valence-corrected chi connectivity index (χ4v) is 1.96. The van der Waals surface area contributed by atoms with Crippen molar-refractivity contribution in [3.8, 4) is 0 Å². The fourth-order valence-electron chi connectivity index (χ4n) is 1.96. The van der Waals surface area contributed by atoms with Crippen molar-refractivity contribution in [2.45, 2.75) is 43.9 Å². The van der Waals surface area contributed by atoms with Crippen molar-refractivity contribution >= 4 is 5.97 Å². The van der Waals surface area contributed by atoms with Crippen molar-refractivity contribution in [1.29, 1.82) is 0 Å². The highest BCUT2D eigenvalue weighted by molar-refractivity contribution is 5.73. The molecule has 6 atom stereocenters. The molecule has 8 heteroatoms. The first-order valence-electron chi connectivity index (χ1n) is 5.68. The Morgan fingerprint density at radius 2 is 2.11 bits per heavy atom. The fraction of sp³-hybridized carbons (Fsp3) is 0.900. The van der Waals surface area contributed by atoms with Crippen LogP contribution in [0.25, 0.3) is 0 Å². The summed E-state index contributed by atoms with van der Waals surface area (Å²) in [6, 6.07) is 0. The van der Waals surface area contributed by atoms with Gasteiger partial charge >= 0.3 is 5.97 Å². The monoisotopic (exact) mass is 264 g/mol. The molecule has 8 nitrogen and oxygen atoms in total. The second kappa shape index (κ2) is 5.47. The van der Waals surface area contributed by atoms with Crippen LogP contribution in [-0.2, 0) is 23.7 Å². The average Bonchev–Trinajstić information content (AvgIpc) is 2.89. The maximum atomic E-state index is 11.4. The Morgan fingerprint density at radius 1 is 1.39 bits per heavy atom. The van der Waals surface area contributed by atoms with Crippen LogP contribution in [0.15, 0.2) is 0 Å². The van der Waals surface area contributed by atoms with Gasteiger partial charge in [0.2, 0.25) is 0 Å². The standard InChI is InChI=1S/C10H16O8/c1-2-15-8(14)10-17-7-5(13)6(4(12)3-11)16-9(7)18-10/h4-7,9-13H,2-3H2,1H3. The zero-order valence-corrected chi connectivity index (χ0v) is 9.76. The normalized spacial score (nSPS) is 40.6. The van der Waals surface area contributed by atoms with Crippen molar-refractivity contribution in [2.75, 3.05) is 13.2 Å². The summed E-state index contributed by atoms with van der Waals surface area (Å²) in [5.74, 6) is -0.693. The first-order valence-corrected chi connectivity index (χ1v) is 5.68. The molecule has 0 bridgehead atoms. The summed E-state index contributed by atoms with van der Waals surface area (Å²) >= 11 is 0. The SMILES string of the molecule is CCOC(=O)C1OC2OC(C(O)CO)C(O)C2O1. The maximum absolute atomic E-state index is 11.4. The lowest BCUT2D eigenvalue weighted by Crippen LogP contribution is -2.42. The van der Waals surface area contributed by atoms with Gasteiger partial charge in [0.1, 0.15) is 24.4 Å². The van der Waals surface area contributed by atoms with E-state index in [9.17, 15) is 15.0 Å². The van der Waals surface area contributed by atoms with Gasteiger partial charge in [-0.3, -0.25) is 0 Å². The van der Waals surface area contributed by atoms with Crippen molar-refractivity contribution in [1.82, 2.24) is 0 Å². The summed E-state index contributed by atoms with van der Waals surface area (Å²) in [5, 5.41) is 28.0. The summed E-state index contributed by atoms with van der Waals surface area (Å²) < 4.78 is 20.2. The molecule has 0 saturated carbocycles. The van der Waals surface area contributed by atoms with Gasteiger partial charge in [0, 0.05) is 0 Å². The molecule has 2 aliphatic rings. The van der Waals surface area contributed by atoms with E-state index in [0.717, 1.165) is 0 Å². The van der Waals surface area contributed by atoms with E-state index in [2.05, 4.69) is 0 Å². The summed E-state index contributed by atoms with van der Waals surface area (Å²) in [7, 11) is 0. The Balaban J connectivity index is 1.94. The van der Waals surface area contributed by atoms with Gasteiger partial charge in [-0.15, -0.1) is 0 Å². The minimum atomic E-state index is -1.24. The van der Waals surface area contributed by atoms with Crippen molar-refractivity contribution in [2.24, 2.45) is 0 Å². The summed E-state index contributed by atoms with van der Waals surface area (Å²) in [4.78, 5) is 11.4. The second-order valence-corrected chi connectivity index (χ2v) is 4.03. The van der Waals surface area contributed by atoms with Crippen LogP contribution in [0.4, 0.5) is 0 Å². The number of esters is 1. The highest BCUT2D eigenvalue weighted by Gasteiger charge is 2.55. The molecular weight excluding hydrogens is 248 g/mol. The Kier molecular flexibility index (Phi) is 4.15. The number of aliphatic hydroxyl groups excluding tert-OH is 3. The van der Waals surface area contributed by atoms with Crippen LogP contribution < -0.4 is 0 Å². The Labute approximate surface area is 103 Å². The molecule has 3 N–H and O–H groups in total. The van der Waals surface area contributed by atoms with E-state index in [1.54, 1.807) is 6.92 Å². The van der Waals surface area contributed by atoms with E-state index in [0.29, 0.717) is 0 Å². The first-order chi connectivity index (χ1) is 8.58. The maximum Gasteiger partial charge on any atom is 0.363 e. The lowest BCUT2D eigenvalue weighted by atomic mass is 10.1. The number of rotatable bonds is 4. The van der Waals surface area contributed by atoms with Gasteiger partial charge in [0.05, 0.1) is 13.2 Å². The largest absolute Gasteiger partial charge is 0.462 e. The van der Waals surface area contributed by atoms with Crippen LogP contribution >= 0.6 is 0 Å². The quantitative estimate of drug-likeness (QED) is 0.487. The van der Waals surface area contributed by atoms with Gasteiger partial charge in [-0.1, -0.05) is 0 Å². The molecule has 18 heavy (non-hydrogen) atoms. The summed E-state index contributed by atoms with van der Waals surface area (Å²) in [6.45, 7) is 1.28. The van der Waals surface area contributed by atoms with Crippen LogP contribution in [0, 0.1) is 0 Å². The van der Waals surface area contributed by atoms with Gasteiger partial charge in [-0.2, -0.15) is 0 Å². The van der Waals surface area contributed by atoms with Gasteiger partial charge in [-0.05, 0) is 6.92 Å². The number of aliphatic hydroxyl groups is 3. The van der Waals surface area contributed by atoms with Gasteiger partial charge in [0.15, 0.2) is 6.29 Å². The predicted octanol–water partition coefficient (Wildman–Crippen LogP) is -2.27. The third-order valence-corrected chi connectivity index (χ3v) is 2.82.